The summed E-state index contributed by atoms with van der Waals surface area (Å²) >= 11 is 11.5. The molecule has 17 heavy (non-hydrogen) atoms. The highest BCUT2D eigenvalue weighted by Gasteiger charge is 2.10. The monoisotopic (exact) mass is 265 g/mol. The van der Waals surface area contributed by atoms with E-state index in [1.54, 1.807) is 0 Å². The van der Waals surface area contributed by atoms with Crippen molar-refractivity contribution in [1.82, 2.24) is 4.90 Å². The molecule has 1 saturated heterocycles. The van der Waals surface area contributed by atoms with Crippen LogP contribution in [0.1, 0.15) is 24.8 Å². The molecule has 0 aliphatic carbocycles. The normalized spacial score (nSPS) is 16.4. The maximum Gasteiger partial charge on any atom is 0.101 e. The van der Waals surface area contributed by atoms with E-state index in [0.29, 0.717) is 0 Å². The molecule has 0 radical (unpaired) electrons. The topological polar surface area (TPSA) is 3.24 Å². The molecule has 1 aliphatic rings. The zero-order valence-corrected chi connectivity index (χ0v) is 11.3. The molecule has 1 aromatic rings. The van der Waals surface area contributed by atoms with Crippen molar-refractivity contribution in [2.45, 2.75) is 19.3 Å². The van der Waals surface area contributed by atoms with Gasteiger partial charge in [0.1, 0.15) is 4.99 Å². The molecule has 1 fully saturated rings. The number of halogens is 1. The summed E-state index contributed by atoms with van der Waals surface area (Å²) in [5.41, 5.74) is 1.02. The minimum atomic E-state index is 0.769. The van der Waals surface area contributed by atoms with E-state index in [9.17, 15) is 0 Å². The van der Waals surface area contributed by atoms with Crippen molar-refractivity contribution >= 4 is 34.9 Å². The van der Waals surface area contributed by atoms with E-state index >= 15 is 0 Å². The van der Waals surface area contributed by atoms with Crippen molar-refractivity contribution in [1.29, 1.82) is 0 Å². The summed E-state index contributed by atoms with van der Waals surface area (Å²) in [5.74, 6) is 0. The zero-order valence-electron chi connectivity index (χ0n) is 9.73. The van der Waals surface area contributed by atoms with Gasteiger partial charge in [-0.15, -0.1) is 0 Å². The second kappa shape index (κ2) is 6.18. The SMILES string of the molecule is S=C(C=Cc1ccccc1Cl)N1CCCCC1. The molecule has 0 unspecified atom stereocenters. The Balaban J connectivity index is 2.00. The fraction of sp³-hybridized carbons (Fsp3) is 0.357. The lowest BCUT2D eigenvalue weighted by Crippen LogP contribution is -2.33. The lowest BCUT2D eigenvalue weighted by molar-refractivity contribution is 0.348. The average Bonchev–Trinajstić information content (AvgIpc) is 2.38. The number of rotatable bonds is 2. The predicted molar refractivity (Wildman–Crippen MR) is 78.5 cm³/mol. The Hall–Kier alpha value is -0.860. The van der Waals surface area contributed by atoms with Crippen molar-refractivity contribution in [2.75, 3.05) is 13.1 Å². The van der Waals surface area contributed by atoms with E-state index in [0.717, 1.165) is 28.7 Å². The molecule has 0 aromatic heterocycles. The Morgan fingerprint density at radius 3 is 2.59 bits per heavy atom. The van der Waals surface area contributed by atoms with E-state index in [4.69, 9.17) is 23.8 Å². The minimum Gasteiger partial charge on any atom is -0.363 e. The highest BCUT2D eigenvalue weighted by molar-refractivity contribution is 7.80. The minimum absolute atomic E-state index is 0.769. The summed E-state index contributed by atoms with van der Waals surface area (Å²) in [6.45, 7) is 2.18. The van der Waals surface area contributed by atoms with Gasteiger partial charge in [-0.3, -0.25) is 0 Å². The number of piperidine rings is 1. The predicted octanol–water partition coefficient (Wildman–Crippen LogP) is 4.17. The third-order valence-electron chi connectivity index (χ3n) is 2.98. The smallest absolute Gasteiger partial charge is 0.101 e. The Bertz CT molecular complexity index is 422. The second-order valence-electron chi connectivity index (χ2n) is 4.24. The molecule has 1 aliphatic heterocycles. The number of benzene rings is 1. The van der Waals surface area contributed by atoms with Gasteiger partial charge in [-0.1, -0.05) is 48.1 Å². The second-order valence-corrected chi connectivity index (χ2v) is 5.07. The van der Waals surface area contributed by atoms with Gasteiger partial charge in [0.25, 0.3) is 0 Å². The van der Waals surface area contributed by atoms with Crippen LogP contribution in [0, 0.1) is 0 Å². The van der Waals surface area contributed by atoms with Gasteiger partial charge < -0.3 is 4.90 Å². The Morgan fingerprint density at radius 2 is 1.88 bits per heavy atom. The lowest BCUT2D eigenvalue weighted by atomic mass is 10.1. The highest BCUT2D eigenvalue weighted by atomic mass is 35.5. The fourth-order valence-electron chi connectivity index (χ4n) is 1.99. The first kappa shape index (κ1) is 12.6. The van der Waals surface area contributed by atoms with Gasteiger partial charge in [0.05, 0.1) is 0 Å². The van der Waals surface area contributed by atoms with E-state index in [2.05, 4.69) is 4.90 Å². The first-order chi connectivity index (χ1) is 8.27. The van der Waals surface area contributed by atoms with Crippen LogP contribution in [0.15, 0.2) is 30.3 Å². The van der Waals surface area contributed by atoms with E-state index in [-0.39, 0.29) is 0 Å². The third-order valence-corrected chi connectivity index (χ3v) is 3.72. The molecule has 3 heteroatoms. The van der Waals surface area contributed by atoms with Crippen molar-refractivity contribution in [2.24, 2.45) is 0 Å². The molecule has 1 nitrogen and oxygen atoms in total. The molecule has 0 bridgehead atoms. The maximum absolute atomic E-state index is 6.09. The highest BCUT2D eigenvalue weighted by Crippen LogP contribution is 2.17. The van der Waals surface area contributed by atoms with E-state index < -0.39 is 0 Å². The lowest BCUT2D eigenvalue weighted by Gasteiger charge is -2.27. The summed E-state index contributed by atoms with van der Waals surface area (Å²) in [5, 5.41) is 0.769. The van der Waals surface area contributed by atoms with Crippen LogP contribution in [-0.4, -0.2) is 23.0 Å². The number of likely N-dealkylation sites (tertiary alicyclic amines) is 1. The summed E-state index contributed by atoms with van der Waals surface area (Å²) in [6.07, 6.45) is 7.81. The quantitative estimate of drug-likeness (QED) is 0.583. The van der Waals surface area contributed by atoms with Crippen molar-refractivity contribution < 1.29 is 0 Å². The molecule has 1 heterocycles. The van der Waals surface area contributed by atoms with Crippen LogP contribution in [-0.2, 0) is 0 Å². The number of hydrogen-bond acceptors (Lipinski definition) is 1. The molecule has 2 rings (SSSR count). The van der Waals surface area contributed by atoms with Crippen LogP contribution in [0.25, 0.3) is 6.08 Å². The zero-order chi connectivity index (χ0) is 12.1. The molecule has 0 atom stereocenters. The van der Waals surface area contributed by atoms with Crippen LogP contribution in [0.5, 0.6) is 0 Å². The van der Waals surface area contributed by atoms with Gasteiger partial charge in [-0.05, 0) is 37.0 Å². The standard InChI is InChI=1S/C14H16ClNS/c15-13-7-3-2-6-12(13)8-9-14(17)16-10-4-1-5-11-16/h2-3,6-9H,1,4-5,10-11H2. The van der Waals surface area contributed by atoms with Gasteiger partial charge in [-0.25, -0.2) is 0 Å². The van der Waals surface area contributed by atoms with Gasteiger partial charge in [0, 0.05) is 18.1 Å². The van der Waals surface area contributed by atoms with Crippen LogP contribution < -0.4 is 0 Å². The summed E-state index contributed by atoms with van der Waals surface area (Å²) in [6, 6.07) is 7.81. The summed E-state index contributed by atoms with van der Waals surface area (Å²) < 4.78 is 0. The summed E-state index contributed by atoms with van der Waals surface area (Å²) in [4.78, 5) is 3.19. The summed E-state index contributed by atoms with van der Waals surface area (Å²) in [7, 11) is 0. The van der Waals surface area contributed by atoms with E-state index in [1.165, 1.54) is 19.3 Å². The number of hydrogen-bond donors (Lipinski definition) is 0. The Labute approximate surface area is 113 Å². The van der Waals surface area contributed by atoms with Gasteiger partial charge >= 0.3 is 0 Å². The largest absolute Gasteiger partial charge is 0.363 e. The van der Waals surface area contributed by atoms with E-state index in [1.807, 2.05) is 36.4 Å². The Kier molecular flexibility index (Phi) is 4.57. The molecule has 1 aromatic carbocycles. The van der Waals surface area contributed by atoms with Gasteiger partial charge in [-0.2, -0.15) is 0 Å². The Morgan fingerprint density at radius 1 is 1.18 bits per heavy atom. The molecule has 0 saturated carbocycles. The van der Waals surface area contributed by atoms with Crippen LogP contribution in [0.3, 0.4) is 0 Å². The van der Waals surface area contributed by atoms with Crippen molar-refractivity contribution in [3.05, 3.63) is 40.9 Å². The number of thiocarbonyl (C=S) groups is 1. The van der Waals surface area contributed by atoms with Crippen molar-refractivity contribution in [3.8, 4) is 0 Å². The van der Waals surface area contributed by atoms with Gasteiger partial charge in [0.15, 0.2) is 0 Å². The van der Waals surface area contributed by atoms with Crippen LogP contribution in [0.4, 0.5) is 0 Å². The third kappa shape index (κ3) is 3.55. The molecule has 0 amide bonds. The van der Waals surface area contributed by atoms with Crippen LogP contribution in [0.2, 0.25) is 5.02 Å². The number of nitrogens with zero attached hydrogens (tertiary/aromatic N) is 1. The maximum atomic E-state index is 6.09. The molecular formula is C14H16ClNS. The molecule has 0 spiro atoms. The van der Waals surface area contributed by atoms with Crippen molar-refractivity contribution in [3.63, 3.8) is 0 Å². The molecule has 90 valence electrons. The first-order valence-corrected chi connectivity index (χ1v) is 6.77. The first-order valence-electron chi connectivity index (χ1n) is 5.99. The molecular weight excluding hydrogens is 250 g/mol. The molecule has 0 N–H and O–H groups in total. The average molecular weight is 266 g/mol. The van der Waals surface area contributed by atoms with Crippen LogP contribution >= 0.6 is 23.8 Å². The fourth-order valence-corrected chi connectivity index (χ4v) is 2.44. The van der Waals surface area contributed by atoms with Gasteiger partial charge in [0.2, 0.25) is 0 Å².